The second-order valence-corrected chi connectivity index (χ2v) is 31.3. The lowest BCUT2D eigenvalue weighted by atomic mass is 9.67. The average Bonchev–Trinajstić information content (AvgIpc) is 1.87. The highest BCUT2D eigenvalue weighted by molar-refractivity contribution is 7.94. The van der Waals surface area contributed by atoms with E-state index < -0.39 is 73.1 Å². The Labute approximate surface area is 509 Å². The Balaban J connectivity index is 1.11. The highest BCUT2D eigenvalue weighted by atomic mass is 31.2. The number of carbonyl (C=O) groups is 6. The van der Waals surface area contributed by atoms with Crippen molar-refractivity contribution >= 4 is 87.2 Å². The largest absolute Gasteiger partial charge is 0.305 e. The van der Waals surface area contributed by atoms with Crippen LogP contribution >= 0.6 is 21.4 Å². The molecule has 0 aliphatic heterocycles. The first-order valence-electron chi connectivity index (χ1n) is 29.3. The third-order valence-electron chi connectivity index (χ3n) is 17.7. The van der Waals surface area contributed by atoms with Crippen molar-refractivity contribution in [3.05, 3.63) is 284 Å². The fourth-order valence-corrected chi connectivity index (χ4v) is 21.5. The summed E-state index contributed by atoms with van der Waals surface area (Å²) >= 11 is 0. The molecule has 9 aromatic carbocycles. The summed E-state index contributed by atoms with van der Waals surface area (Å²) in [6, 6.07) is 56.9. The fraction of sp³-hybridized carbons (Fsp3) is 0.200. The van der Waals surface area contributed by atoms with Gasteiger partial charge in [0.25, 0.3) is 0 Å². The molecule has 1 aliphatic carbocycles. The summed E-state index contributed by atoms with van der Waals surface area (Å²) < 4.78 is 47.1. The SMILES string of the molecule is Cc1cc(C)c(C(=O)P(=O)(c2ccccc2)c2ccccc2)c(C)c1C(=O)C1CC(C(=O)c2c(C)cc(C)c(C(=O)P(=O)(c3ccccc3)c3ccccc3)c2C)CC(C(=O)c2c(C)cc(C)c(C(=O)P(=O)(c3ccccc3)c3ccccc3)c2C)C1. The molecule has 0 N–H and O–H groups in total. The van der Waals surface area contributed by atoms with Gasteiger partial charge in [-0.15, -0.1) is 0 Å². The third-order valence-corrected chi connectivity index (χ3v) is 26.2. The molecule has 0 radical (unpaired) electrons. The van der Waals surface area contributed by atoms with E-state index in [2.05, 4.69) is 0 Å². The Morgan fingerprint density at radius 1 is 0.264 bits per heavy atom. The summed E-state index contributed by atoms with van der Waals surface area (Å²) in [6.07, 6.45) is -0.0432. The van der Waals surface area contributed by atoms with Crippen molar-refractivity contribution in [2.24, 2.45) is 17.8 Å². The van der Waals surface area contributed by atoms with Gasteiger partial charge in [-0.1, -0.05) is 200 Å². The van der Waals surface area contributed by atoms with Crippen LogP contribution in [0.5, 0.6) is 0 Å². The number of rotatable bonds is 18. The summed E-state index contributed by atoms with van der Waals surface area (Å²) in [7, 11) is -12.2. The van der Waals surface area contributed by atoms with E-state index in [9.17, 15) is 0 Å². The minimum Gasteiger partial charge on any atom is -0.305 e. The second kappa shape index (κ2) is 24.8. The van der Waals surface area contributed by atoms with E-state index in [0.717, 1.165) is 0 Å². The van der Waals surface area contributed by atoms with Gasteiger partial charge in [0.15, 0.2) is 17.3 Å². The normalized spacial score (nSPS) is 15.3. The van der Waals surface area contributed by atoms with Crippen LogP contribution < -0.4 is 31.8 Å². The van der Waals surface area contributed by atoms with Gasteiger partial charge in [-0.2, -0.15) is 0 Å². The van der Waals surface area contributed by atoms with Crippen molar-refractivity contribution in [1.82, 2.24) is 0 Å². The van der Waals surface area contributed by atoms with Crippen LogP contribution in [0.4, 0.5) is 0 Å². The molecule has 0 bridgehead atoms. The zero-order chi connectivity index (χ0) is 62.3. The van der Waals surface area contributed by atoms with Gasteiger partial charge < -0.3 is 13.7 Å². The predicted molar refractivity (Wildman–Crippen MR) is 352 cm³/mol. The Morgan fingerprint density at radius 3 is 0.598 bits per heavy atom. The molecule has 0 atom stereocenters. The lowest BCUT2D eigenvalue weighted by Gasteiger charge is -2.35. The Hall–Kier alpha value is -8.31. The summed E-state index contributed by atoms with van der Waals surface area (Å²) in [4.78, 5) is 94.1. The molecule has 1 saturated carbocycles. The van der Waals surface area contributed by atoms with Gasteiger partial charge in [0.05, 0.1) is 0 Å². The van der Waals surface area contributed by atoms with Gasteiger partial charge in [-0.05, 0) is 132 Å². The lowest BCUT2D eigenvalue weighted by molar-refractivity contribution is 0.0681. The van der Waals surface area contributed by atoms with Crippen LogP contribution in [0.2, 0.25) is 0 Å². The molecule has 0 aromatic heterocycles. The van der Waals surface area contributed by atoms with Crippen LogP contribution in [0.25, 0.3) is 0 Å². The van der Waals surface area contributed by atoms with Crippen molar-refractivity contribution in [3.8, 4) is 0 Å². The van der Waals surface area contributed by atoms with Gasteiger partial charge in [-0.25, -0.2) is 0 Å². The molecular formula is C75H69O9P3. The van der Waals surface area contributed by atoms with E-state index in [-0.39, 0.29) is 52.6 Å². The molecule has 438 valence electrons. The van der Waals surface area contributed by atoms with Gasteiger partial charge in [-0.3, -0.25) is 28.8 Å². The second-order valence-electron chi connectivity index (χ2n) is 23.3. The predicted octanol–water partition coefficient (Wildman–Crippen LogP) is 14.9. The summed E-state index contributed by atoms with van der Waals surface area (Å²) in [5, 5.41) is 2.04. The first-order valence-corrected chi connectivity index (χ1v) is 34.4. The van der Waals surface area contributed by atoms with E-state index in [0.29, 0.717) is 81.9 Å². The van der Waals surface area contributed by atoms with Crippen LogP contribution in [0.3, 0.4) is 0 Å². The molecule has 1 aliphatic rings. The molecule has 9 nitrogen and oxygen atoms in total. The van der Waals surface area contributed by atoms with Gasteiger partial charge in [0.1, 0.15) is 0 Å². The molecule has 0 saturated heterocycles. The van der Waals surface area contributed by atoms with E-state index in [1.54, 1.807) is 263 Å². The molecule has 0 unspecified atom stereocenters. The highest BCUT2D eigenvalue weighted by Crippen LogP contribution is 2.52. The topological polar surface area (TPSA) is 154 Å². The van der Waals surface area contributed by atoms with Gasteiger partial charge in [0.2, 0.25) is 38.0 Å². The van der Waals surface area contributed by atoms with Crippen LogP contribution in [-0.4, -0.2) is 33.9 Å². The van der Waals surface area contributed by atoms with E-state index in [4.69, 9.17) is 0 Å². The third kappa shape index (κ3) is 10.9. The minimum absolute atomic E-state index is 0.0144. The molecule has 10 rings (SSSR count). The van der Waals surface area contributed by atoms with Crippen LogP contribution in [0.1, 0.15) is 131 Å². The number of Topliss-reactive ketones (excluding diaryl/α,β-unsaturated/α-hetero) is 3. The standard InChI is InChI=1S/C75H69O9P3/c1-46-40-49(4)67(73(79)85(82,58-28-16-10-17-29-58)59-30-18-11-19-31-59)52(7)64(46)70(76)55-43-56(71(77)65-47(2)41-50(5)68(53(65)8)74(80)86(83,60-32-20-12-21-33-60)61-34-22-13-23-35-61)45-57(44-55)72(78)66-48(3)42-51(6)69(54(66)9)75(81)87(84,62-36-24-14-25-37-62)63-38-26-15-27-39-63/h10-42,55-57H,43-45H2,1-9H3. The smallest absolute Gasteiger partial charge is 0.230 e. The van der Waals surface area contributed by atoms with Gasteiger partial charge >= 0.3 is 0 Å². The first kappa shape index (κ1) is 61.8. The number of hydrogen-bond donors (Lipinski definition) is 0. The van der Waals surface area contributed by atoms with E-state index >= 15 is 42.5 Å². The number of aryl methyl sites for hydroxylation is 6. The molecular weight excluding hydrogens is 1140 g/mol. The number of hydrogen-bond acceptors (Lipinski definition) is 9. The van der Waals surface area contributed by atoms with Crippen molar-refractivity contribution in [2.45, 2.75) is 81.6 Å². The monoisotopic (exact) mass is 1210 g/mol. The molecule has 0 amide bonds. The van der Waals surface area contributed by atoms with E-state index in [1.165, 1.54) is 0 Å². The van der Waals surface area contributed by atoms with Crippen molar-refractivity contribution in [3.63, 3.8) is 0 Å². The quantitative estimate of drug-likeness (QED) is 0.0603. The van der Waals surface area contributed by atoms with Crippen molar-refractivity contribution < 1.29 is 42.5 Å². The first-order chi connectivity index (χ1) is 41.6. The maximum absolute atomic E-state index is 16.0. The molecule has 0 heterocycles. The summed E-state index contributed by atoms with van der Waals surface area (Å²) in [5.74, 6) is -4.18. The molecule has 12 heteroatoms. The minimum atomic E-state index is -4.07. The van der Waals surface area contributed by atoms with Crippen LogP contribution in [0.15, 0.2) is 200 Å². The number of carbonyl (C=O) groups excluding carboxylic acids is 6. The Kier molecular flexibility index (Phi) is 17.6. The zero-order valence-corrected chi connectivity index (χ0v) is 53.1. The zero-order valence-electron chi connectivity index (χ0n) is 50.4. The molecule has 0 spiro atoms. The Bertz CT molecular complexity index is 3800. The van der Waals surface area contributed by atoms with E-state index in [1.807, 2.05) is 0 Å². The van der Waals surface area contributed by atoms with Crippen LogP contribution in [0, 0.1) is 80.1 Å². The number of benzene rings is 9. The molecule has 9 aromatic rings. The Morgan fingerprint density at radius 2 is 0.425 bits per heavy atom. The van der Waals surface area contributed by atoms with Crippen molar-refractivity contribution in [2.75, 3.05) is 0 Å². The fourth-order valence-electron chi connectivity index (χ4n) is 13.7. The lowest BCUT2D eigenvalue weighted by Crippen LogP contribution is -2.37. The highest BCUT2D eigenvalue weighted by Gasteiger charge is 2.46. The van der Waals surface area contributed by atoms with Crippen LogP contribution in [-0.2, 0) is 13.7 Å². The molecule has 87 heavy (non-hydrogen) atoms. The average molecular weight is 1210 g/mol. The summed E-state index contributed by atoms with van der Waals surface area (Å²) in [5.41, 5.74) is 3.47. The maximum atomic E-state index is 16.0. The maximum Gasteiger partial charge on any atom is 0.230 e. The molecule has 1 fully saturated rings. The number of ketones is 3. The summed E-state index contributed by atoms with van der Waals surface area (Å²) in [6.45, 7) is 15.7. The van der Waals surface area contributed by atoms with Crippen molar-refractivity contribution in [1.29, 1.82) is 0 Å². The van der Waals surface area contributed by atoms with Gasteiger partial charge in [0, 0.05) is 83.0 Å².